The lowest BCUT2D eigenvalue weighted by molar-refractivity contribution is 0.102. The molecule has 0 fully saturated rings. The molecule has 0 unspecified atom stereocenters. The summed E-state index contributed by atoms with van der Waals surface area (Å²) in [5.74, 6) is -0.429. The number of nitrogens with zero attached hydrogens (tertiary/aromatic N) is 1. The van der Waals surface area contributed by atoms with Crippen LogP contribution in [0.3, 0.4) is 0 Å². The summed E-state index contributed by atoms with van der Waals surface area (Å²) in [4.78, 5) is 12.5. The van der Waals surface area contributed by atoms with Gasteiger partial charge in [-0.25, -0.2) is 13.6 Å². The van der Waals surface area contributed by atoms with E-state index in [-0.39, 0.29) is 10.6 Å². The number of benzene rings is 2. The number of primary sulfonamides is 1. The first kappa shape index (κ1) is 16.2. The van der Waals surface area contributed by atoms with Gasteiger partial charge in [0.05, 0.1) is 10.4 Å². The molecule has 0 aliphatic heterocycles. The summed E-state index contributed by atoms with van der Waals surface area (Å²) in [6.07, 6.45) is 0. The second-order valence-electron chi connectivity index (χ2n) is 5.53. The maximum Gasteiger partial charge on any atom is 0.276 e. The van der Waals surface area contributed by atoms with Crippen LogP contribution in [0.5, 0.6) is 0 Å². The highest BCUT2D eigenvalue weighted by atomic mass is 32.2. The molecule has 0 saturated carbocycles. The number of para-hydroxylation sites is 1. The smallest absolute Gasteiger partial charge is 0.276 e. The fourth-order valence-corrected chi connectivity index (χ4v) is 3.06. The van der Waals surface area contributed by atoms with Crippen molar-refractivity contribution in [2.45, 2.75) is 18.7 Å². The minimum Gasteiger partial charge on any atom is -0.320 e. The van der Waals surface area contributed by atoms with Crippen molar-refractivity contribution in [1.29, 1.82) is 0 Å². The third-order valence-corrected chi connectivity index (χ3v) is 4.80. The normalized spacial score (nSPS) is 11.6. The number of fused-ring (bicyclic) bond motifs is 1. The number of hydrogen-bond acceptors (Lipinski definition) is 4. The van der Waals surface area contributed by atoms with E-state index in [1.807, 2.05) is 18.2 Å². The van der Waals surface area contributed by atoms with Crippen molar-refractivity contribution in [1.82, 2.24) is 10.2 Å². The number of aromatic nitrogens is 2. The molecule has 0 atom stereocenters. The monoisotopic (exact) mass is 344 g/mol. The van der Waals surface area contributed by atoms with Crippen LogP contribution < -0.4 is 10.5 Å². The molecular formula is C16H16N4O3S. The Morgan fingerprint density at radius 1 is 1.21 bits per heavy atom. The van der Waals surface area contributed by atoms with Gasteiger partial charge in [0.2, 0.25) is 10.0 Å². The third kappa shape index (κ3) is 2.89. The summed E-state index contributed by atoms with van der Waals surface area (Å²) in [5.41, 5.74) is 2.84. The van der Waals surface area contributed by atoms with Crippen LogP contribution in [0.1, 0.15) is 21.6 Å². The van der Waals surface area contributed by atoms with E-state index < -0.39 is 15.9 Å². The van der Waals surface area contributed by atoms with Gasteiger partial charge in [-0.15, -0.1) is 0 Å². The van der Waals surface area contributed by atoms with Crippen LogP contribution in [0.25, 0.3) is 10.9 Å². The largest absolute Gasteiger partial charge is 0.320 e. The topological polar surface area (TPSA) is 118 Å². The summed E-state index contributed by atoms with van der Waals surface area (Å²) >= 11 is 0. The number of H-pyrrole nitrogens is 1. The fraction of sp³-hybridized carbons (Fsp3) is 0.125. The number of carbonyl (C=O) groups is 1. The molecule has 3 rings (SSSR count). The predicted octanol–water partition coefficient (Wildman–Crippen LogP) is 2.08. The van der Waals surface area contributed by atoms with Gasteiger partial charge >= 0.3 is 0 Å². The molecule has 7 nitrogen and oxygen atoms in total. The molecule has 1 amide bonds. The van der Waals surface area contributed by atoms with Gasteiger partial charge in [0.15, 0.2) is 5.69 Å². The first-order chi connectivity index (χ1) is 11.3. The highest BCUT2D eigenvalue weighted by Crippen LogP contribution is 2.25. The van der Waals surface area contributed by atoms with Crippen molar-refractivity contribution in [3.8, 4) is 0 Å². The Morgan fingerprint density at radius 3 is 2.62 bits per heavy atom. The minimum atomic E-state index is -3.86. The van der Waals surface area contributed by atoms with Crippen LogP contribution in [0.2, 0.25) is 0 Å². The van der Waals surface area contributed by atoms with Crippen molar-refractivity contribution >= 4 is 32.5 Å². The average Bonchev–Trinajstić information content (AvgIpc) is 2.94. The molecule has 8 heteroatoms. The lowest BCUT2D eigenvalue weighted by Crippen LogP contribution is -2.17. The van der Waals surface area contributed by atoms with Crippen LogP contribution in [0.15, 0.2) is 41.3 Å². The van der Waals surface area contributed by atoms with Gasteiger partial charge in [-0.1, -0.05) is 18.2 Å². The van der Waals surface area contributed by atoms with Gasteiger partial charge in [0, 0.05) is 11.1 Å². The Kier molecular flexibility index (Phi) is 3.86. The zero-order valence-electron chi connectivity index (χ0n) is 13.1. The summed E-state index contributed by atoms with van der Waals surface area (Å²) in [6, 6.07) is 10.1. The molecule has 124 valence electrons. The van der Waals surface area contributed by atoms with Crippen molar-refractivity contribution in [2.24, 2.45) is 5.14 Å². The van der Waals surface area contributed by atoms with E-state index in [0.717, 1.165) is 11.1 Å². The quantitative estimate of drug-likeness (QED) is 0.674. The zero-order valence-corrected chi connectivity index (χ0v) is 13.9. The maximum atomic E-state index is 12.5. The Hall–Kier alpha value is -2.71. The molecule has 0 radical (unpaired) electrons. The van der Waals surface area contributed by atoms with Crippen LogP contribution in [0.4, 0.5) is 5.69 Å². The number of nitrogens with two attached hydrogens (primary N) is 1. The second-order valence-corrected chi connectivity index (χ2v) is 7.09. The number of amides is 1. The third-order valence-electron chi connectivity index (χ3n) is 3.90. The maximum absolute atomic E-state index is 12.5. The summed E-state index contributed by atoms with van der Waals surface area (Å²) in [7, 11) is -3.86. The molecule has 0 aliphatic rings. The standard InChI is InChI=1S/C16H16N4O3S/c1-9-7-11(24(17,22)23)8-14(10(9)2)18-16(21)15-12-5-3-4-6-13(12)19-20-15/h3-8H,1-2H3,(H,18,21)(H,19,20)(H2,17,22,23). The Bertz CT molecular complexity index is 1050. The Morgan fingerprint density at radius 2 is 1.92 bits per heavy atom. The van der Waals surface area contributed by atoms with E-state index in [9.17, 15) is 13.2 Å². The molecule has 0 bridgehead atoms. The van der Waals surface area contributed by atoms with E-state index in [4.69, 9.17) is 5.14 Å². The molecule has 0 spiro atoms. The second kappa shape index (κ2) is 5.73. The number of aryl methyl sites for hydroxylation is 1. The number of hydrogen-bond donors (Lipinski definition) is 3. The van der Waals surface area contributed by atoms with Crippen LogP contribution in [-0.4, -0.2) is 24.5 Å². The van der Waals surface area contributed by atoms with E-state index in [0.29, 0.717) is 16.6 Å². The van der Waals surface area contributed by atoms with Gasteiger partial charge in [0.1, 0.15) is 0 Å². The van der Waals surface area contributed by atoms with Crippen LogP contribution >= 0.6 is 0 Å². The summed E-state index contributed by atoms with van der Waals surface area (Å²) < 4.78 is 23.2. The van der Waals surface area contributed by atoms with Crippen molar-refractivity contribution < 1.29 is 13.2 Å². The van der Waals surface area contributed by atoms with Gasteiger partial charge < -0.3 is 5.32 Å². The first-order valence-corrected chi connectivity index (χ1v) is 8.70. The van der Waals surface area contributed by atoms with E-state index >= 15 is 0 Å². The number of anilines is 1. The van der Waals surface area contributed by atoms with Gasteiger partial charge in [-0.3, -0.25) is 9.89 Å². The lowest BCUT2D eigenvalue weighted by Gasteiger charge is -2.12. The van der Waals surface area contributed by atoms with Gasteiger partial charge in [-0.2, -0.15) is 5.10 Å². The van der Waals surface area contributed by atoms with Gasteiger partial charge in [0.25, 0.3) is 5.91 Å². The number of carbonyl (C=O) groups excluding carboxylic acids is 1. The number of sulfonamides is 1. The van der Waals surface area contributed by atoms with Crippen molar-refractivity contribution in [2.75, 3.05) is 5.32 Å². The van der Waals surface area contributed by atoms with Gasteiger partial charge in [-0.05, 0) is 43.2 Å². The highest BCUT2D eigenvalue weighted by molar-refractivity contribution is 7.89. The zero-order chi connectivity index (χ0) is 17.5. The molecule has 1 aromatic heterocycles. The van der Waals surface area contributed by atoms with Crippen LogP contribution in [0, 0.1) is 13.8 Å². The predicted molar refractivity (Wildman–Crippen MR) is 91.3 cm³/mol. The number of rotatable bonds is 3. The first-order valence-electron chi connectivity index (χ1n) is 7.16. The Labute approximate surface area is 138 Å². The lowest BCUT2D eigenvalue weighted by atomic mass is 10.1. The van der Waals surface area contributed by atoms with Crippen molar-refractivity contribution in [3.05, 3.63) is 53.2 Å². The van der Waals surface area contributed by atoms with E-state index in [2.05, 4.69) is 15.5 Å². The minimum absolute atomic E-state index is 0.0483. The molecular weight excluding hydrogens is 328 g/mol. The fourth-order valence-electron chi connectivity index (χ4n) is 2.44. The SMILES string of the molecule is Cc1cc(S(N)(=O)=O)cc(NC(=O)c2n[nH]c3ccccc23)c1C. The molecule has 3 aromatic rings. The summed E-state index contributed by atoms with van der Waals surface area (Å²) in [6.45, 7) is 3.55. The molecule has 0 aliphatic carbocycles. The molecule has 2 aromatic carbocycles. The number of nitrogens with one attached hydrogen (secondary N) is 2. The average molecular weight is 344 g/mol. The highest BCUT2D eigenvalue weighted by Gasteiger charge is 2.17. The molecule has 4 N–H and O–H groups in total. The van der Waals surface area contributed by atoms with Crippen molar-refractivity contribution in [3.63, 3.8) is 0 Å². The van der Waals surface area contributed by atoms with E-state index in [1.54, 1.807) is 19.9 Å². The van der Waals surface area contributed by atoms with Crippen LogP contribution in [-0.2, 0) is 10.0 Å². The molecule has 0 saturated heterocycles. The number of aromatic amines is 1. The molecule has 24 heavy (non-hydrogen) atoms. The Balaban J connectivity index is 2.02. The van der Waals surface area contributed by atoms with E-state index in [1.165, 1.54) is 12.1 Å². The summed E-state index contributed by atoms with van der Waals surface area (Å²) in [5, 5.41) is 15.4. The molecule has 1 heterocycles.